The van der Waals surface area contributed by atoms with E-state index in [-0.39, 0.29) is 0 Å². The third kappa shape index (κ3) is 3.38. The molecule has 0 saturated heterocycles. The maximum atomic E-state index is 4.59. The Bertz CT molecular complexity index is 548. The van der Waals surface area contributed by atoms with Crippen molar-refractivity contribution in [2.45, 2.75) is 39.8 Å². The van der Waals surface area contributed by atoms with Gasteiger partial charge < -0.3 is 5.32 Å². The van der Waals surface area contributed by atoms with Crippen LogP contribution in [0.15, 0.2) is 34.9 Å². The normalized spacial score (nSPS) is 12.4. The van der Waals surface area contributed by atoms with Gasteiger partial charge in [-0.15, -0.1) is 0 Å². The lowest BCUT2D eigenvalue weighted by Crippen LogP contribution is -2.07. The zero-order chi connectivity index (χ0) is 13.8. The van der Waals surface area contributed by atoms with Gasteiger partial charge in [-0.1, -0.05) is 28.9 Å². The highest BCUT2D eigenvalue weighted by molar-refractivity contribution is 9.10. The third-order valence-electron chi connectivity index (χ3n) is 3.43. The van der Waals surface area contributed by atoms with Crippen LogP contribution in [0.3, 0.4) is 0 Å². The first-order chi connectivity index (χ1) is 9.11. The minimum Gasteiger partial charge on any atom is -0.379 e. The summed E-state index contributed by atoms with van der Waals surface area (Å²) in [6.07, 6.45) is 3.15. The lowest BCUT2D eigenvalue weighted by atomic mass is 10.2. The first-order valence-corrected chi connectivity index (χ1v) is 7.44. The van der Waals surface area contributed by atoms with Gasteiger partial charge in [0.1, 0.15) is 0 Å². The molecule has 2 rings (SSSR count). The van der Waals surface area contributed by atoms with Crippen LogP contribution in [-0.4, -0.2) is 9.78 Å². The van der Waals surface area contributed by atoms with Crippen LogP contribution >= 0.6 is 15.9 Å². The second-order valence-electron chi connectivity index (χ2n) is 4.81. The lowest BCUT2D eigenvalue weighted by molar-refractivity contribution is 0.474. The van der Waals surface area contributed by atoms with Crippen LogP contribution < -0.4 is 5.32 Å². The average molecular weight is 322 g/mol. The summed E-state index contributed by atoms with van der Waals surface area (Å²) in [4.78, 5) is 0. The fraction of sp³-hybridized carbons (Fsp3) is 0.400. The molecule has 2 aromatic rings. The first kappa shape index (κ1) is 14.1. The van der Waals surface area contributed by atoms with Crippen molar-refractivity contribution in [1.29, 1.82) is 0 Å². The van der Waals surface area contributed by atoms with Crippen molar-refractivity contribution in [3.05, 3.63) is 46.2 Å². The Kier molecular flexibility index (Phi) is 4.64. The standard InChI is InChI=1S/C15H20BrN3/c1-4-11(2)19-9-8-13(18-19)10-17-15-7-5-6-14(16)12(15)3/h5-9,11,17H,4,10H2,1-3H3. The van der Waals surface area contributed by atoms with E-state index < -0.39 is 0 Å². The molecule has 0 aliphatic rings. The highest BCUT2D eigenvalue weighted by Crippen LogP contribution is 2.23. The second-order valence-corrected chi connectivity index (χ2v) is 5.66. The number of aromatic nitrogens is 2. The van der Waals surface area contributed by atoms with Crippen LogP contribution in [0, 0.1) is 6.92 Å². The van der Waals surface area contributed by atoms with E-state index in [2.05, 4.69) is 71.5 Å². The van der Waals surface area contributed by atoms with E-state index in [1.54, 1.807) is 0 Å². The smallest absolute Gasteiger partial charge is 0.0815 e. The van der Waals surface area contributed by atoms with Gasteiger partial charge >= 0.3 is 0 Å². The molecule has 0 amide bonds. The molecular formula is C15H20BrN3. The molecule has 1 aromatic carbocycles. The molecule has 0 saturated carbocycles. The van der Waals surface area contributed by atoms with E-state index in [1.807, 2.05) is 10.7 Å². The molecule has 0 bridgehead atoms. The Morgan fingerprint density at radius 3 is 2.89 bits per heavy atom. The van der Waals surface area contributed by atoms with Crippen molar-refractivity contribution in [3.63, 3.8) is 0 Å². The van der Waals surface area contributed by atoms with Gasteiger partial charge in [0.25, 0.3) is 0 Å². The summed E-state index contributed by atoms with van der Waals surface area (Å²) in [6, 6.07) is 8.72. The molecule has 0 radical (unpaired) electrons. The molecular weight excluding hydrogens is 302 g/mol. The number of nitrogens with zero attached hydrogens (tertiary/aromatic N) is 2. The number of nitrogens with one attached hydrogen (secondary N) is 1. The molecule has 0 spiro atoms. The highest BCUT2D eigenvalue weighted by atomic mass is 79.9. The SMILES string of the molecule is CCC(C)n1ccc(CNc2cccc(Br)c2C)n1. The zero-order valence-electron chi connectivity index (χ0n) is 11.7. The number of halogens is 1. The summed E-state index contributed by atoms with van der Waals surface area (Å²) in [5.41, 5.74) is 3.44. The average Bonchev–Trinajstić information content (AvgIpc) is 2.88. The van der Waals surface area contributed by atoms with Gasteiger partial charge in [-0.2, -0.15) is 5.10 Å². The summed E-state index contributed by atoms with van der Waals surface area (Å²) in [7, 11) is 0. The van der Waals surface area contributed by atoms with E-state index in [0.717, 1.165) is 28.8 Å². The number of rotatable bonds is 5. The van der Waals surface area contributed by atoms with Gasteiger partial charge in [0.15, 0.2) is 0 Å². The van der Waals surface area contributed by atoms with Crippen LogP contribution in [0.2, 0.25) is 0 Å². The Labute approximate surface area is 123 Å². The predicted octanol–water partition coefficient (Wildman–Crippen LogP) is 4.54. The van der Waals surface area contributed by atoms with Gasteiger partial charge in [-0.25, -0.2) is 0 Å². The molecule has 1 aromatic heterocycles. The molecule has 3 nitrogen and oxygen atoms in total. The van der Waals surface area contributed by atoms with Crippen LogP contribution in [-0.2, 0) is 6.54 Å². The number of anilines is 1. The minimum atomic E-state index is 0.460. The molecule has 1 unspecified atom stereocenters. The molecule has 1 heterocycles. The summed E-state index contributed by atoms with van der Waals surface area (Å²) in [5, 5.41) is 8.03. The first-order valence-electron chi connectivity index (χ1n) is 6.64. The Balaban J connectivity index is 2.02. The van der Waals surface area contributed by atoms with Gasteiger partial charge in [0.05, 0.1) is 12.2 Å². The van der Waals surface area contributed by atoms with Crippen molar-refractivity contribution in [1.82, 2.24) is 9.78 Å². The van der Waals surface area contributed by atoms with Crippen molar-refractivity contribution in [3.8, 4) is 0 Å². The number of hydrogen-bond donors (Lipinski definition) is 1. The second kappa shape index (κ2) is 6.24. The van der Waals surface area contributed by atoms with Crippen molar-refractivity contribution >= 4 is 21.6 Å². The van der Waals surface area contributed by atoms with E-state index in [9.17, 15) is 0 Å². The Hall–Kier alpha value is -1.29. The fourth-order valence-corrected chi connectivity index (χ4v) is 2.26. The molecule has 1 atom stereocenters. The Morgan fingerprint density at radius 1 is 1.37 bits per heavy atom. The van der Waals surface area contributed by atoms with Crippen LogP contribution in [0.25, 0.3) is 0 Å². The monoisotopic (exact) mass is 321 g/mol. The van der Waals surface area contributed by atoms with Gasteiger partial charge in [-0.3, -0.25) is 4.68 Å². The van der Waals surface area contributed by atoms with Gasteiger partial charge in [0.2, 0.25) is 0 Å². The van der Waals surface area contributed by atoms with E-state index >= 15 is 0 Å². The minimum absolute atomic E-state index is 0.460. The molecule has 0 aliphatic carbocycles. The van der Waals surface area contributed by atoms with Crippen molar-refractivity contribution in [2.24, 2.45) is 0 Å². The summed E-state index contributed by atoms with van der Waals surface area (Å²) in [6.45, 7) is 7.21. The summed E-state index contributed by atoms with van der Waals surface area (Å²) < 4.78 is 3.16. The van der Waals surface area contributed by atoms with Crippen molar-refractivity contribution in [2.75, 3.05) is 5.32 Å². The van der Waals surface area contributed by atoms with Crippen LogP contribution in [0.1, 0.15) is 37.6 Å². The van der Waals surface area contributed by atoms with E-state index in [1.165, 1.54) is 5.56 Å². The quantitative estimate of drug-likeness (QED) is 0.876. The molecule has 0 fully saturated rings. The Morgan fingerprint density at radius 2 is 2.16 bits per heavy atom. The maximum absolute atomic E-state index is 4.59. The topological polar surface area (TPSA) is 29.9 Å². The van der Waals surface area contributed by atoms with Gasteiger partial charge in [0, 0.05) is 22.4 Å². The molecule has 19 heavy (non-hydrogen) atoms. The zero-order valence-corrected chi connectivity index (χ0v) is 13.2. The molecule has 1 N–H and O–H groups in total. The third-order valence-corrected chi connectivity index (χ3v) is 4.29. The predicted molar refractivity (Wildman–Crippen MR) is 83.4 cm³/mol. The number of hydrogen-bond acceptors (Lipinski definition) is 2. The maximum Gasteiger partial charge on any atom is 0.0815 e. The molecule has 4 heteroatoms. The lowest BCUT2D eigenvalue weighted by Gasteiger charge is -2.10. The van der Waals surface area contributed by atoms with E-state index in [0.29, 0.717) is 6.04 Å². The van der Waals surface area contributed by atoms with Crippen LogP contribution in [0.4, 0.5) is 5.69 Å². The molecule has 0 aliphatic heterocycles. The summed E-state index contributed by atoms with van der Waals surface area (Å²) >= 11 is 3.55. The number of benzene rings is 1. The van der Waals surface area contributed by atoms with Crippen molar-refractivity contribution < 1.29 is 0 Å². The molecule has 102 valence electrons. The van der Waals surface area contributed by atoms with Crippen LogP contribution in [0.5, 0.6) is 0 Å². The van der Waals surface area contributed by atoms with E-state index in [4.69, 9.17) is 0 Å². The fourth-order valence-electron chi connectivity index (χ4n) is 1.89. The summed E-state index contributed by atoms with van der Waals surface area (Å²) in [5.74, 6) is 0. The van der Waals surface area contributed by atoms with Gasteiger partial charge in [-0.05, 0) is 44.0 Å². The largest absolute Gasteiger partial charge is 0.379 e. The highest BCUT2D eigenvalue weighted by Gasteiger charge is 2.05.